The van der Waals surface area contributed by atoms with Gasteiger partial charge in [0.2, 0.25) is 9.70 Å². The lowest BCUT2D eigenvalue weighted by molar-refractivity contribution is -0.122. The SMILES string of the molecule is CCCCCCCCCC(=O)N[C@@H](NC(=S)Nc1ccc(C)cc1C)C(Cl)(Cl)Cl. The number of hydrogen-bond donors (Lipinski definition) is 3. The van der Waals surface area contributed by atoms with Crippen LogP contribution in [0.15, 0.2) is 18.2 Å². The molecule has 1 rings (SSSR count). The summed E-state index contributed by atoms with van der Waals surface area (Å²) in [6.07, 6.45) is 7.41. The van der Waals surface area contributed by atoms with E-state index in [0.717, 1.165) is 36.1 Å². The second-order valence-electron chi connectivity index (χ2n) is 7.33. The number of anilines is 1. The Hall–Kier alpha value is -0.750. The average molecular weight is 481 g/mol. The number of unbranched alkanes of at least 4 members (excludes halogenated alkanes) is 6. The highest BCUT2D eigenvalue weighted by Crippen LogP contribution is 2.29. The van der Waals surface area contributed by atoms with E-state index in [1.165, 1.54) is 25.7 Å². The predicted octanol–water partition coefficient (Wildman–Crippen LogP) is 6.54. The van der Waals surface area contributed by atoms with Crippen molar-refractivity contribution < 1.29 is 4.79 Å². The Morgan fingerprint density at radius 1 is 1.03 bits per heavy atom. The summed E-state index contributed by atoms with van der Waals surface area (Å²) >= 11 is 23.5. The average Bonchev–Trinajstić information content (AvgIpc) is 2.62. The van der Waals surface area contributed by atoms with Gasteiger partial charge in [0.05, 0.1) is 0 Å². The molecular formula is C21H32Cl3N3OS. The van der Waals surface area contributed by atoms with E-state index in [1.54, 1.807) is 0 Å². The number of carbonyl (C=O) groups is 1. The van der Waals surface area contributed by atoms with Gasteiger partial charge in [-0.05, 0) is 44.1 Å². The summed E-state index contributed by atoms with van der Waals surface area (Å²) < 4.78 is -1.75. The maximum Gasteiger partial charge on any atom is 0.228 e. The Morgan fingerprint density at radius 3 is 2.24 bits per heavy atom. The summed E-state index contributed by atoms with van der Waals surface area (Å²) in [6, 6.07) is 5.96. The maximum atomic E-state index is 12.3. The van der Waals surface area contributed by atoms with Crippen LogP contribution in [0.5, 0.6) is 0 Å². The Bertz CT molecular complexity index is 665. The van der Waals surface area contributed by atoms with E-state index in [9.17, 15) is 4.79 Å². The zero-order valence-corrected chi connectivity index (χ0v) is 20.5. The van der Waals surface area contributed by atoms with Gasteiger partial charge in [-0.2, -0.15) is 0 Å². The number of hydrogen-bond acceptors (Lipinski definition) is 2. The van der Waals surface area contributed by atoms with Crippen LogP contribution in [-0.4, -0.2) is 21.0 Å². The lowest BCUT2D eigenvalue weighted by Crippen LogP contribution is -2.56. The molecule has 29 heavy (non-hydrogen) atoms. The molecule has 3 N–H and O–H groups in total. The van der Waals surface area contributed by atoms with Crippen molar-refractivity contribution in [2.75, 3.05) is 5.32 Å². The van der Waals surface area contributed by atoms with E-state index < -0.39 is 9.96 Å². The van der Waals surface area contributed by atoms with Gasteiger partial charge in [0, 0.05) is 12.1 Å². The minimum Gasteiger partial charge on any atom is -0.339 e. The Morgan fingerprint density at radius 2 is 1.66 bits per heavy atom. The molecule has 0 aliphatic rings. The van der Waals surface area contributed by atoms with E-state index in [4.69, 9.17) is 47.0 Å². The second kappa shape index (κ2) is 13.5. The van der Waals surface area contributed by atoms with Gasteiger partial charge in [-0.15, -0.1) is 0 Å². The number of aryl methyl sites for hydroxylation is 2. The van der Waals surface area contributed by atoms with Crippen LogP contribution in [0.4, 0.5) is 5.69 Å². The highest BCUT2D eigenvalue weighted by Gasteiger charge is 2.34. The first-order valence-corrected chi connectivity index (χ1v) is 11.7. The Balaban J connectivity index is 2.49. The summed E-state index contributed by atoms with van der Waals surface area (Å²) in [5.41, 5.74) is 3.05. The highest BCUT2D eigenvalue weighted by molar-refractivity contribution is 7.80. The van der Waals surface area contributed by atoms with Gasteiger partial charge in [0.15, 0.2) is 5.11 Å². The molecule has 1 aromatic rings. The van der Waals surface area contributed by atoms with Crippen molar-refractivity contribution in [1.29, 1.82) is 0 Å². The lowest BCUT2D eigenvalue weighted by Gasteiger charge is -2.28. The molecule has 0 spiro atoms. The number of alkyl halides is 3. The summed E-state index contributed by atoms with van der Waals surface area (Å²) in [5.74, 6) is -0.170. The Kier molecular flexibility index (Phi) is 12.3. The van der Waals surface area contributed by atoms with E-state index in [-0.39, 0.29) is 11.0 Å². The minimum absolute atomic E-state index is 0.170. The molecule has 1 aromatic carbocycles. The number of nitrogens with one attached hydrogen (secondary N) is 3. The monoisotopic (exact) mass is 479 g/mol. The number of carbonyl (C=O) groups excluding carboxylic acids is 1. The largest absolute Gasteiger partial charge is 0.339 e. The quantitative estimate of drug-likeness (QED) is 0.146. The number of thiocarbonyl (C=S) groups is 1. The van der Waals surface area contributed by atoms with Gasteiger partial charge in [-0.3, -0.25) is 4.79 Å². The second-order valence-corrected chi connectivity index (χ2v) is 10.1. The standard InChI is InChI=1S/C21H32Cl3N3OS/c1-4-5-6-7-8-9-10-11-18(28)26-19(21(22,23)24)27-20(29)25-17-13-12-15(2)14-16(17)3/h12-14,19H,4-11H2,1-3H3,(H,26,28)(H2,25,27,29)/t19-/m0/s1. The van der Waals surface area contributed by atoms with Crippen LogP contribution in [-0.2, 0) is 4.79 Å². The molecule has 0 aliphatic heterocycles. The fourth-order valence-electron chi connectivity index (χ4n) is 2.92. The van der Waals surface area contributed by atoms with E-state index in [0.29, 0.717) is 6.42 Å². The number of rotatable bonds is 11. The smallest absolute Gasteiger partial charge is 0.228 e. The van der Waals surface area contributed by atoms with Crippen LogP contribution >= 0.6 is 47.0 Å². The third kappa shape index (κ3) is 11.3. The molecule has 0 heterocycles. The molecule has 0 unspecified atom stereocenters. The molecule has 0 saturated carbocycles. The van der Waals surface area contributed by atoms with E-state index in [2.05, 4.69) is 22.9 Å². The molecule has 0 saturated heterocycles. The van der Waals surface area contributed by atoms with Gasteiger partial charge >= 0.3 is 0 Å². The normalized spacial score (nSPS) is 12.3. The van der Waals surface area contributed by atoms with Gasteiger partial charge in [-0.25, -0.2) is 0 Å². The van der Waals surface area contributed by atoms with Crippen LogP contribution in [0, 0.1) is 13.8 Å². The van der Waals surface area contributed by atoms with Crippen molar-refractivity contribution in [3.63, 3.8) is 0 Å². The first-order chi connectivity index (χ1) is 13.6. The van der Waals surface area contributed by atoms with Gasteiger partial charge < -0.3 is 16.0 Å². The van der Waals surface area contributed by atoms with Gasteiger partial charge in [0.25, 0.3) is 0 Å². The molecule has 0 aromatic heterocycles. The van der Waals surface area contributed by atoms with Crippen LogP contribution in [0.1, 0.15) is 69.4 Å². The van der Waals surface area contributed by atoms with Crippen LogP contribution in [0.3, 0.4) is 0 Å². The molecule has 4 nitrogen and oxygen atoms in total. The summed E-state index contributed by atoms with van der Waals surface area (Å²) in [6.45, 7) is 6.20. The van der Waals surface area contributed by atoms with Gasteiger partial charge in [-0.1, -0.05) is 97.9 Å². The maximum absolute atomic E-state index is 12.3. The first-order valence-electron chi connectivity index (χ1n) is 10.1. The molecular weight excluding hydrogens is 449 g/mol. The number of benzene rings is 1. The van der Waals surface area contributed by atoms with Crippen molar-refractivity contribution in [2.24, 2.45) is 0 Å². The van der Waals surface area contributed by atoms with Crippen molar-refractivity contribution in [2.45, 2.75) is 82.1 Å². The van der Waals surface area contributed by atoms with Crippen LogP contribution in [0.25, 0.3) is 0 Å². The fraction of sp³-hybridized carbons (Fsp3) is 0.619. The molecule has 1 atom stereocenters. The number of amides is 1. The third-order valence-electron chi connectivity index (χ3n) is 4.55. The fourth-order valence-corrected chi connectivity index (χ4v) is 3.47. The summed E-state index contributed by atoms with van der Waals surface area (Å²) in [7, 11) is 0. The zero-order valence-electron chi connectivity index (χ0n) is 17.4. The molecule has 8 heteroatoms. The highest BCUT2D eigenvalue weighted by atomic mass is 35.6. The molecule has 0 fully saturated rings. The molecule has 164 valence electrons. The topological polar surface area (TPSA) is 53.2 Å². The van der Waals surface area contributed by atoms with E-state index in [1.807, 2.05) is 32.0 Å². The van der Waals surface area contributed by atoms with Crippen molar-refractivity contribution >= 4 is 63.7 Å². The molecule has 1 amide bonds. The van der Waals surface area contributed by atoms with Crippen molar-refractivity contribution in [3.8, 4) is 0 Å². The molecule has 0 bridgehead atoms. The van der Waals surface area contributed by atoms with Crippen LogP contribution in [0.2, 0.25) is 0 Å². The third-order valence-corrected chi connectivity index (χ3v) is 5.42. The van der Waals surface area contributed by atoms with Crippen molar-refractivity contribution in [3.05, 3.63) is 29.3 Å². The lowest BCUT2D eigenvalue weighted by atomic mass is 10.1. The molecule has 0 aliphatic carbocycles. The summed E-state index contributed by atoms with van der Waals surface area (Å²) in [5, 5.41) is 8.98. The van der Waals surface area contributed by atoms with Crippen LogP contribution < -0.4 is 16.0 Å². The number of halogens is 3. The minimum atomic E-state index is -1.75. The Labute approximate surface area is 195 Å². The molecule has 0 radical (unpaired) electrons. The van der Waals surface area contributed by atoms with E-state index >= 15 is 0 Å². The van der Waals surface area contributed by atoms with Crippen molar-refractivity contribution in [1.82, 2.24) is 10.6 Å². The van der Waals surface area contributed by atoms with Gasteiger partial charge in [0.1, 0.15) is 6.17 Å². The summed E-state index contributed by atoms with van der Waals surface area (Å²) in [4.78, 5) is 12.3. The predicted molar refractivity (Wildman–Crippen MR) is 130 cm³/mol. The first kappa shape index (κ1) is 26.3. The zero-order chi connectivity index (χ0) is 21.9.